The van der Waals surface area contributed by atoms with E-state index in [0.717, 1.165) is 25.9 Å². The number of nitrogens with two attached hydrogens (primary N) is 1. The summed E-state index contributed by atoms with van der Waals surface area (Å²) in [5, 5.41) is 3.94. The van der Waals surface area contributed by atoms with E-state index in [-0.39, 0.29) is 0 Å². The van der Waals surface area contributed by atoms with E-state index in [4.69, 9.17) is 29.6 Å². The molecule has 0 heterocycles. The molecule has 0 radical (unpaired) electrons. The smallest absolute Gasteiger partial charge is 0.107 e. The Balaban J connectivity index is 2.40. The van der Waals surface area contributed by atoms with Gasteiger partial charge in [0.15, 0.2) is 0 Å². The average Bonchev–Trinajstić information content (AvgIpc) is 2.33. The maximum absolute atomic E-state index is 5.97. The molecule has 0 saturated heterocycles. The van der Waals surface area contributed by atoms with Gasteiger partial charge < -0.3 is 11.1 Å². The number of hydrogen-bond donors (Lipinski definition) is 2. The first kappa shape index (κ1) is 14.8. The molecule has 2 aromatic rings. The molecule has 2 aromatic carbocycles. The predicted molar refractivity (Wildman–Crippen MR) is 92.5 cm³/mol. The fourth-order valence-electron chi connectivity index (χ4n) is 1.61. The minimum absolute atomic E-state index is 0.336. The van der Waals surface area contributed by atoms with E-state index in [9.17, 15) is 0 Å². The van der Waals surface area contributed by atoms with Crippen molar-refractivity contribution in [3.63, 3.8) is 0 Å². The van der Waals surface area contributed by atoms with E-state index in [1.165, 1.54) is 0 Å². The highest BCUT2D eigenvalue weighted by Gasteiger charge is 2.10. The van der Waals surface area contributed by atoms with E-state index < -0.39 is 0 Å². The topological polar surface area (TPSA) is 38.0 Å². The van der Waals surface area contributed by atoms with Crippen molar-refractivity contribution in [3.8, 4) is 0 Å². The first-order valence-electron chi connectivity index (χ1n) is 5.29. The molecule has 0 fully saturated rings. The van der Waals surface area contributed by atoms with Crippen LogP contribution in [0.4, 0.5) is 11.4 Å². The first-order chi connectivity index (χ1) is 8.99. The van der Waals surface area contributed by atoms with Gasteiger partial charge in [-0.25, -0.2) is 0 Å². The van der Waals surface area contributed by atoms with Crippen LogP contribution in [0.2, 0.25) is 5.02 Å². The lowest BCUT2D eigenvalue weighted by Crippen LogP contribution is -2.12. The molecule has 6 heteroatoms. The summed E-state index contributed by atoms with van der Waals surface area (Å²) in [5.74, 6) is 0. The fourth-order valence-corrected chi connectivity index (χ4v) is 3.04. The first-order valence-corrected chi connectivity index (χ1v) is 7.66. The average molecular weight is 421 g/mol. The van der Waals surface area contributed by atoms with Crippen molar-refractivity contribution < 1.29 is 0 Å². The molecule has 0 aliphatic heterocycles. The van der Waals surface area contributed by atoms with Crippen LogP contribution in [-0.2, 0) is 0 Å². The van der Waals surface area contributed by atoms with Crippen LogP contribution in [0.25, 0.3) is 0 Å². The van der Waals surface area contributed by atoms with Gasteiger partial charge in [-0.15, -0.1) is 0 Å². The number of rotatable bonds is 3. The van der Waals surface area contributed by atoms with Gasteiger partial charge >= 0.3 is 0 Å². The standard InChI is InChI=1S/C13H9Br2ClN2S/c14-8-2-1-3-11(12(8)13(17)19)18-7-4-5-10(16)9(15)6-7/h1-6,18H,(H2,17,19). The molecule has 0 atom stereocenters. The molecule has 0 aliphatic carbocycles. The molecule has 0 unspecified atom stereocenters. The normalized spacial score (nSPS) is 10.3. The van der Waals surface area contributed by atoms with Crippen molar-refractivity contribution >= 4 is 72.0 Å². The van der Waals surface area contributed by atoms with E-state index in [1.807, 2.05) is 36.4 Å². The maximum atomic E-state index is 5.97. The maximum Gasteiger partial charge on any atom is 0.107 e. The molecule has 19 heavy (non-hydrogen) atoms. The summed E-state index contributed by atoms with van der Waals surface area (Å²) in [4.78, 5) is 0.336. The van der Waals surface area contributed by atoms with Crippen LogP contribution >= 0.6 is 55.7 Å². The summed E-state index contributed by atoms with van der Waals surface area (Å²) in [6.07, 6.45) is 0. The van der Waals surface area contributed by atoms with E-state index in [0.29, 0.717) is 10.0 Å². The van der Waals surface area contributed by atoms with Crippen molar-refractivity contribution in [2.75, 3.05) is 5.32 Å². The summed E-state index contributed by atoms with van der Waals surface area (Å²) < 4.78 is 1.68. The van der Waals surface area contributed by atoms with Gasteiger partial charge in [-0.1, -0.05) is 29.9 Å². The van der Waals surface area contributed by atoms with Gasteiger partial charge in [-0.3, -0.25) is 0 Å². The Hall–Kier alpha value is -0.620. The monoisotopic (exact) mass is 418 g/mol. The predicted octanol–water partition coefficient (Wildman–Crippen LogP) is 5.24. The highest BCUT2D eigenvalue weighted by Crippen LogP contribution is 2.30. The zero-order valence-electron chi connectivity index (χ0n) is 9.58. The van der Waals surface area contributed by atoms with Crippen molar-refractivity contribution in [2.45, 2.75) is 0 Å². The highest BCUT2D eigenvalue weighted by molar-refractivity contribution is 9.10. The van der Waals surface area contributed by atoms with Crippen LogP contribution in [0.15, 0.2) is 45.3 Å². The summed E-state index contributed by atoms with van der Waals surface area (Å²) in [6, 6.07) is 11.3. The van der Waals surface area contributed by atoms with Gasteiger partial charge in [0.1, 0.15) is 4.99 Å². The summed E-state index contributed by atoms with van der Waals surface area (Å²) in [6.45, 7) is 0. The second-order valence-electron chi connectivity index (χ2n) is 3.78. The van der Waals surface area contributed by atoms with Crippen molar-refractivity contribution in [1.29, 1.82) is 0 Å². The Morgan fingerprint density at radius 2 is 1.89 bits per heavy atom. The molecule has 3 N–H and O–H groups in total. The molecule has 0 saturated carbocycles. The molecular formula is C13H9Br2ClN2S. The Morgan fingerprint density at radius 1 is 1.16 bits per heavy atom. The summed E-state index contributed by atoms with van der Waals surface area (Å²) in [7, 11) is 0. The molecule has 0 bridgehead atoms. The fraction of sp³-hybridized carbons (Fsp3) is 0. The molecule has 2 nitrogen and oxygen atoms in total. The van der Waals surface area contributed by atoms with E-state index in [1.54, 1.807) is 0 Å². The minimum Gasteiger partial charge on any atom is -0.389 e. The van der Waals surface area contributed by atoms with Crippen LogP contribution in [0.5, 0.6) is 0 Å². The van der Waals surface area contributed by atoms with Crippen LogP contribution in [0, 0.1) is 0 Å². The van der Waals surface area contributed by atoms with Gasteiger partial charge in [0, 0.05) is 25.9 Å². The Labute approximate surface area is 138 Å². The van der Waals surface area contributed by atoms with Gasteiger partial charge in [-0.05, 0) is 62.2 Å². The Bertz CT molecular complexity index is 647. The molecular weight excluding hydrogens is 411 g/mol. The van der Waals surface area contributed by atoms with Gasteiger partial charge in [0.25, 0.3) is 0 Å². The van der Waals surface area contributed by atoms with Gasteiger partial charge in [-0.2, -0.15) is 0 Å². The van der Waals surface area contributed by atoms with Crippen molar-refractivity contribution in [3.05, 3.63) is 55.9 Å². The Morgan fingerprint density at radius 3 is 2.53 bits per heavy atom. The largest absolute Gasteiger partial charge is 0.389 e. The molecule has 2 rings (SSSR count). The number of hydrogen-bond acceptors (Lipinski definition) is 2. The number of halogens is 3. The zero-order valence-corrected chi connectivity index (χ0v) is 14.3. The molecule has 0 aromatic heterocycles. The van der Waals surface area contributed by atoms with Gasteiger partial charge in [0.05, 0.1) is 5.02 Å². The minimum atomic E-state index is 0.336. The number of nitrogens with one attached hydrogen (secondary N) is 1. The Kier molecular flexibility index (Phi) is 4.84. The lowest BCUT2D eigenvalue weighted by molar-refractivity contribution is 1.49. The SMILES string of the molecule is NC(=S)c1c(Br)cccc1Nc1ccc(Cl)c(Br)c1. The lowest BCUT2D eigenvalue weighted by Gasteiger charge is -2.13. The molecule has 98 valence electrons. The molecule has 0 spiro atoms. The third-order valence-electron chi connectivity index (χ3n) is 2.46. The second kappa shape index (κ2) is 6.22. The lowest BCUT2D eigenvalue weighted by atomic mass is 10.1. The van der Waals surface area contributed by atoms with Crippen LogP contribution in [0.1, 0.15) is 5.56 Å². The van der Waals surface area contributed by atoms with Crippen molar-refractivity contribution in [2.24, 2.45) is 5.73 Å². The third-order valence-corrected chi connectivity index (χ3v) is 4.54. The number of benzene rings is 2. The van der Waals surface area contributed by atoms with Gasteiger partial charge in [0.2, 0.25) is 0 Å². The number of thiocarbonyl (C=S) groups is 1. The third kappa shape index (κ3) is 3.48. The summed E-state index contributed by atoms with van der Waals surface area (Å²) in [5.41, 5.74) is 8.27. The van der Waals surface area contributed by atoms with E-state index >= 15 is 0 Å². The highest BCUT2D eigenvalue weighted by atomic mass is 79.9. The second-order valence-corrected chi connectivity index (χ2v) is 6.34. The quantitative estimate of drug-likeness (QED) is 0.667. The van der Waals surface area contributed by atoms with Crippen LogP contribution in [-0.4, -0.2) is 4.99 Å². The van der Waals surface area contributed by atoms with E-state index in [2.05, 4.69) is 37.2 Å². The summed E-state index contributed by atoms with van der Waals surface area (Å²) >= 11 is 17.9. The molecule has 0 amide bonds. The van der Waals surface area contributed by atoms with Crippen LogP contribution < -0.4 is 11.1 Å². The number of anilines is 2. The molecule has 0 aliphatic rings. The van der Waals surface area contributed by atoms with Crippen LogP contribution in [0.3, 0.4) is 0 Å². The van der Waals surface area contributed by atoms with Crippen molar-refractivity contribution in [1.82, 2.24) is 0 Å². The zero-order chi connectivity index (χ0) is 14.0.